The van der Waals surface area contributed by atoms with Crippen LogP contribution in [0.3, 0.4) is 0 Å². The lowest BCUT2D eigenvalue weighted by Gasteiger charge is -2.06. The number of hydrogen-bond acceptors (Lipinski definition) is 3. The van der Waals surface area contributed by atoms with Crippen molar-refractivity contribution < 1.29 is 9.84 Å². The van der Waals surface area contributed by atoms with Crippen LogP contribution < -0.4 is 0 Å². The molecule has 0 fully saturated rings. The van der Waals surface area contributed by atoms with Gasteiger partial charge in [0.05, 0.1) is 12.6 Å². The first-order valence-corrected chi connectivity index (χ1v) is 9.82. The molecule has 1 N–H and O–H groups in total. The minimum Gasteiger partial charge on any atom is -0.479 e. The van der Waals surface area contributed by atoms with Gasteiger partial charge in [-0.25, -0.2) is 0 Å². The van der Waals surface area contributed by atoms with Crippen molar-refractivity contribution in [3.8, 4) is 0 Å². The third kappa shape index (κ3) is 12.3. The SMILES string of the molecule is CCCCCC(O)CC=CCCCCCCCCC1=NCCO1. The van der Waals surface area contributed by atoms with Gasteiger partial charge in [0.15, 0.2) is 5.90 Å². The van der Waals surface area contributed by atoms with Gasteiger partial charge in [0.25, 0.3) is 0 Å². The van der Waals surface area contributed by atoms with Gasteiger partial charge < -0.3 is 9.84 Å². The lowest BCUT2D eigenvalue weighted by molar-refractivity contribution is 0.164. The number of ether oxygens (including phenoxy) is 1. The molecule has 1 rings (SSSR count). The van der Waals surface area contributed by atoms with Crippen molar-refractivity contribution in [2.24, 2.45) is 4.99 Å². The van der Waals surface area contributed by atoms with E-state index in [0.717, 1.165) is 51.2 Å². The molecule has 1 aliphatic rings. The monoisotopic (exact) mass is 323 g/mol. The summed E-state index contributed by atoms with van der Waals surface area (Å²) in [6, 6.07) is 0. The molecule has 0 aromatic heterocycles. The second-order valence-electron chi connectivity index (χ2n) is 6.64. The molecule has 1 unspecified atom stereocenters. The summed E-state index contributed by atoms with van der Waals surface area (Å²) in [6.45, 7) is 3.85. The first-order valence-electron chi connectivity index (χ1n) is 9.82. The van der Waals surface area contributed by atoms with Gasteiger partial charge in [0.1, 0.15) is 6.61 Å². The van der Waals surface area contributed by atoms with Gasteiger partial charge in [0, 0.05) is 6.42 Å². The zero-order valence-corrected chi connectivity index (χ0v) is 15.1. The van der Waals surface area contributed by atoms with Crippen LogP contribution in [0.4, 0.5) is 0 Å². The Morgan fingerprint density at radius 3 is 2.57 bits per heavy atom. The maximum absolute atomic E-state index is 9.81. The number of allylic oxidation sites excluding steroid dienone is 1. The van der Waals surface area contributed by atoms with E-state index >= 15 is 0 Å². The second kappa shape index (κ2) is 14.7. The van der Waals surface area contributed by atoms with E-state index in [9.17, 15) is 5.11 Å². The normalized spacial score (nSPS) is 15.8. The van der Waals surface area contributed by atoms with Crippen LogP contribution in [0.2, 0.25) is 0 Å². The maximum atomic E-state index is 9.81. The number of hydrogen-bond donors (Lipinski definition) is 1. The van der Waals surface area contributed by atoms with Crippen molar-refractivity contribution in [3.63, 3.8) is 0 Å². The van der Waals surface area contributed by atoms with E-state index in [-0.39, 0.29) is 6.10 Å². The molecule has 0 aromatic carbocycles. The largest absolute Gasteiger partial charge is 0.479 e. The molecule has 0 radical (unpaired) electrons. The molecule has 0 saturated heterocycles. The number of rotatable bonds is 15. The summed E-state index contributed by atoms with van der Waals surface area (Å²) in [5.41, 5.74) is 0. The van der Waals surface area contributed by atoms with E-state index in [0.29, 0.717) is 0 Å². The standard InChI is InChI=1S/C20H37NO2/c1-2-3-11-14-19(22)15-12-9-7-5-4-6-8-10-13-16-20-21-17-18-23-20/h9,12,19,22H,2-8,10-11,13-18H2,1H3. The van der Waals surface area contributed by atoms with Crippen LogP contribution in [0.5, 0.6) is 0 Å². The van der Waals surface area contributed by atoms with Gasteiger partial charge in [-0.1, -0.05) is 64.0 Å². The molecule has 0 aliphatic carbocycles. The van der Waals surface area contributed by atoms with E-state index in [1.165, 1.54) is 51.4 Å². The molecule has 0 amide bonds. The summed E-state index contributed by atoms with van der Waals surface area (Å²) in [5, 5.41) is 9.81. The Bertz CT molecular complexity index is 326. The summed E-state index contributed by atoms with van der Waals surface area (Å²) < 4.78 is 5.40. The average molecular weight is 324 g/mol. The van der Waals surface area contributed by atoms with Gasteiger partial charge in [-0.3, -0.25) is 4.99 Å². The van der Waals surface area contributed by atoms with Crippen LogP contribution in [-0.4, -0.2) is 30.3 Å². The van der Waals surface area contributed by atoms with Gasteiger partial charge >= 0.3 is 0 Å². The highest BCUT2D eigenvalue weighted by atomic mass is 16.5. The summed E-state index contributed by atoms with van der Waals surface area (Å²) in [5.74, 6) is 0.979. The molecule has 0 bridgehead atoms. The minimum atomic E-state index is -0.133. The van der Waals surface area contributed by atoms with Crippen molar-refractivity contribution in [3.05, 3.63) is 12.2 Å². The van der Waals surface area contributed by atoms with E-state index < -0.39 is 0 Å². The van der Waals surface area contributed by atoms with Crippen molar-refractivity contribution in [2.75, 3.05) is 13.2 Å². The topological polar surface area (TPSA) is 41.8 Å². The van der Waals surface area contributed by atoms with Crippen molar-refractivity contribution in [1.29, 1.82) is 0 Å². The van der Waals surface area contributed by atoms with Crippen LogP contribution >= 0.6 is 0 Å². The highest BCUT2D eigenvalue weighted by molar-refractivity contribution is 5.77. The molecular formula is C20H37NO2. The van der Waals surface area contributed by atoms with Gasteiger partial charge in [0.2, 0.25) is 0 Å². The van der Waals surface area contributed by atoms with Crippen LogP contribution in [0.1, 0.15) is 90.4 Å². The van der Waals surface area contributed by atoms with Crippen LogP contribution in [0.25, 0.3) is 0 Å². The van der Waals surface area contributed by atoms with Gasteiger partial charge in [-0.05, 0) is 32.1 Å². The lowest BCUT2D eigenvalue weighted by Crippen LogP contribution is -2.04. The highest BCUT2D eigenvalue weighted by Gasteiger charge is 2.05. The number of aliphatic hydroxyl groups excluding tert-OH is 1. The molecule has 3 nitrogen and oxygen atoms in total. The van der Waals surface area contributed by atoms with E-state index in [1.54, 1.807) is 0 Å². The third-order valence-corrected chi connectivity index (χ3v) is 4.38. The molecule has 3 heteroatoms. The van der Waals surface area contributed by atoms with Crippen molar-refractivity contribution in [2.45, 2.75) is 96.5 Å². The minimum absolute atomic E-state index is 0.133. The molecule has 1 atom stereocenters. The Morgan fingerprint density at radius 2 is 1.83 bits per heavy atom. The maximum Gasteiger partial charge on any atom is 0.183 e. The van der Waals surface area contributed by atoms with E-state index in [4.69, 9.17) is 4.74 Å². The zero-order valence-electron chi connectivity index (χ0n) is 15.1. The van der Waals surface area contributed by atoms with Crippen molar-refractivity contribution >= 4 is 5.90 Å². The number of aliphatic imine (C=N–C) groups is 1. The van der Waals surface area contributed by atoms with Gasteiger partial charge in [-0.15, -0.1) is 0 Å². The molecule has 134 valence electrons. The fourth-order valence-electron chi connectivity index (χ4n) is 2.90. The van der Waals surface area contributed by atoms with Crippen LogP contribution in [0, 0.1) is 0 Å². The molecule has 1 heterocycles. The molecule has 1 aliphatic heterocycles. The Labute approximate surface area is 143 Å². The average Bonchev–Trinajstić information content (AvgIpc) is 3.06. The summed E-state index contributed by atoms with van der Waals surface area (Å²) >= 11 is 0. The number of aliphatic hydroxyl groups is 1. The smallest absolute Gasteiger partial charge is 0.183 e. The Balaban J connectivity index is 1.79. The van der Waals surface area contributed by atoms with E-state index in [2.05, 4.69) is 24.1 Å². The molecule has 23 heavy (non-hydrogen) atoms. The number of nitrogens with zero attached hydrogens (tertiary/aromatic N) is 1. The Morgan fingerprint density at radius 1 is 1.04 bits per heavy atom. The quantitative estimate of drug-likeness (QED) is 0.323. The summed E-state index contributed by atoms with van der Waals surface area (Å²) in [4.78, 5) is 4.31. The van der Waals surface area contributed by atoms with Gasteiger partial charge in [-0.2, -0.15) is 0 Å². The molecule has 0 spiro atoms. The van der Waals surface area contributed by atoms with E-state index in [1.807, 2.05) is 0 Å². The van der Waals surface area contributed by atoms with Crippen LogP contribution in [-0.2, 0) is 4.74 Å². The fourth-order valence-corrected chi connectivity index (χ4v) is 2.90. The first kappa shape index (κ1) is 20.2. The second-order valence-corrected chi connectivity index (χ2v) is 6.64. The predicted octanol–water partition coefficient (Wildman–Crippen LogP) is 5.42. The molecular weight excluding hydrogens is 286 g/mol. The predicted molar refractivity (Wildman–Crippen MR) is 99.1 cm³/mol. The van der Waals surface area contributed by atoms with Crippen LogP contribution in [0.15, 0.2) is 17.1 Å². The third-order valence-electron chi connectivity index (χ3n) is 4.38. The Hall–Kier alpha value is -0.830. The first-order chi connectivity index (χ1) is 11.3. The van der Waals surface area contributed by atoms with Crippen molar-refractivity contribution in [1.82, 2.24) is 0 Å². The Kier molecular flexibility index (Phi) is 13.0. The summed E-state index contributed by atoms with van der Waals surface area (Å²) in [6.07, 6.45) is 19.6. The lowest BCUT2D eigenvalue weighted by atomic mass is 10.1. The molecule has 0 saturated carbocycles. The molecule has 0 aromatic rings. The highest BCUT2D eigenvalue weighted by Crippen LogP contribution is 2.11. The fraction of sp³-hybridized carbons (Fsp3) is 0.850. The number of unbranched alkanes of at least 4 members (excludes halogenated alkanes) is 8. The zero-order chi connectivity index (χ0) is 16.6. The summed E-state index contributed by atoms with van der Waals surface area (Å²) in [7, 11) is 0.